The minimum absolute atomic E-state index is 0.0446. The second-order valence-electron chi connectivity index (χ2n) is 7.27. The van der Waals surface area contributed by atoms with Crippen LogP contribution < -0.4 is 0 Å². The molecule has 1 aromatic rings. The van der Waals surface area contributed by atoms with Crippen molar-refractivity contribution in [2.75, 3.05) is 19.6 Å². The van der Waals surface area contributed by atoms with Crippen molar-refractivity contribution >= 4 is 32.0 Å². The smallest absolute Gasteiger partial charge is 0.410 e. The molecule has 1 aromatic carbocycles. The highest BCUT2D eigenvalue weighted by Gasteiger charge is 2.35. The first-order valence-electron chi connectivity index (χ1n) is 8.20. The van der Waals surface area contributed by atoms with E-state index in [2.05, 4.69) is 15.9 Å². The summed E-state index contributed by atoms with van der Waals surface area (Å²) in [5, 5.41) is 0. The average molecular weight is 433 g/mol. The lowest BCUT2D eigenvalue weighted by Gasteiger charge is -2.39. The van der Waals surface area contributed by atoms with Crippen LogP contribution in [0.25, 0.3) is 0 Å². The molecule has 1 aliphatic rings. The molecule has 1 aliphatic heterocycles. The quantitative estimate of drug-likeness (QED) is 0.734. The van der Waals surface area contributed by atoms with Gasteiger partial charge in [0, 0.05) is 30.1 Å². The van der Waals surface area contributed by atoms with Crippen LogP contribution in [0.5, 0.6) is 0 Å². The number of benzene rings is 1. The van der Waals surface area contributed by atoms with Gasteiger partial charge in [0.1, 0.15) is 5.60 Å². The summed E-state index contributed by atoms with van der Waals surface area (Å²) in [4.78, 5) is 13.7. The van der Waals surface area contributed by atoms with E-state index in [1.807, 2.05) is 39.8 Å². The maximum Gasteiger partial charge on any atom is 0.410 e. The standard InChI is InChI=1S/C17H25BrN2O4S/c1-13-11-19(16(21)24-17(2,3)4)9-10-20(13)25(22,23)12-14-5-7-15(18)8-6-14/h5-8,13H,9-12H2,1-4H3/t13-/m1/s1. The Morgan fingerprint density at radius 2 is 1.84 bits per heavy atom. The van der Waals surface area contributed by atoms with Crippen LogP contribution in [-0.4, -0.2) is 55.0 Å². The molecule has 1 heterocycles. The summed E-state index contributed by atoms with van der Waals surface area (Å²) in [5.41, 5.74) is 0.176. The molecular formula is C17H25BrN2O4S. The second-order valence-corrected chi connectivity index (χ2v) is 10.1. The van der Waals surface area contributed by atoms with Crippen molar-refractivity contribution in [3.05, 3.63) is 34.3 Å². The lowest BCUT2D eigenvalue weighted by Crippen LogP contribution is -2.56. The van der Waals surface area contributed by atoms with Gasteiger partial charge >= 0.3 is 6.09 Å². The Kier molecular flexibility index (Phi) is 6.17. The SMILES string of the molecule is C[C@@H]1CN(C(=O)OC(C)(C)C)CCN1S(=O)(=O)Cc1ccc(Br)cc1. The molecular weight excluding hydrogens is 408 g/mol. The molecule has 140 valence electrons. The highest BCUT2D eigenvalue weighted by Crippen LogP contribution is 2.21. The van der Waals surface area contributed by atoms with E-state index in [9.17, 15) is 13.2 Å². The van der Waals surface area contributed by atoms with E-state index in [-0.39, 0.29) is 18.3 Å². The minimum Gasteiger partial charge on any atom is -0.444 e. The molecule has 0 radical (unpaired) electrons. The van der Waals surface area contributed by atoms with Crippen LogP contribution in [0.3, 0.4) is 0 Å². The van der Waals surface area contributed by atoms with Crippen LogP contribution in [-0.2, 0) is 20.5 Å². The molecule has 8 heteroatoms. The van der Waals surface area contributed by atoms with E-state index >= 15 is 0 Å². The normalized spacial score (nSPS) is 19.7. The summed E-state index contributed by atoms with van der Waals surface area (Å²) in [5.74, 6) is -0.0446. The highest BCUT2D eigenvalue weighted by molar-refractivity contribution is 9.10. The first-order chi connectivity index (χ1) is 11.5. The molecule has 0 bridgehead atoms. The number of carbonyl (C=O) groups is 1. The number of ether oxygens (including phenoxy) is 1. The lowest BCUT2D eigenvalue weighted by molar-refractivity contribution is 0.0143. The van der Waals surface area contributed by atoms with Gasteiger partial charge in [-0.25, -0.2) is 13.2 Å². The number of hydrogen-bond acceptors (Lipinski definition) is 4. The number of carbonyl (C=O) groups excluding carboxylic acids is 1. The minimum atomic E-state index is -3.44. The Morgan fingerprint density at radius 3 is 2.36 bits per heavy atom. The summed E-state index contributed by atoms with van der Waals surface area (Å²) in [6.45, 7) is 8.19. The number of sulfonamides is 1. The maximum atomic E-state index is 12.7. The molecule has 0 spiro atoms. The Bertz CT molecular complexity index is 713. The molecule has 6 nitrogen and oxygen atoms in total. The van der Waals surface area contributed by atoms with Crippen molar-refractivity contribution in [1.82, 2.24) is 9.21 Å². The molecule has 0 aliphatic carbocycles. The first kappa shape index (κ1) is 20.2. The first-order valence-corrected chi connectivity index (χ1v) is 10.6. The zero-order chi connectivity index (χ0) is 18.8. The van der Waals surface area contributed by atoms with Gasteiger partial charge in [-0.15, -0.1) is 0 Å². The van der Waals surface area contributed by atoms with Crippen LogP contribution in [0.4, 0.5) is 4.79 Å². The average Bonchev–Trinajstić information content (AvgIpc) is 2.47. The van der Waals surface area contributed by atoms with E-state index < -0.39 is 21.7 Å². The number of amides is 1. The zero-order valence-electron chi connectivity index (χ0n) is 15.0. The maximum absolute atomic E-state index is 12.7. The Balaban J connectivity index is 2.02. The van der Waals surface area contributed by atoms with E-state index in [0.29, 0.717) is 13.1 Å². The summed E-state index contributed by atoms with van der Waals surface area (Å²) >= 11 is 3.34. The van der Waals surface area contributed by atoms with Crippen LogP contribution in [0.15, 0.2) is 28.7 Å². The molecule has 2 rings (SSSR count). The summed E-state index contributed by atoms with van der Waals surface area (Å²) in [7, 11) is -3.44. The fraction of sp³-hybridized carbons (Fsp3) is 0.588. The lowest BCUT2D eigenvalue weighted by atomic mass is 10.2. The molecule has 0 saturated carbocycles. The van der Waals surface area contributed by atoms with Gasteiger partial charge in [0.2, 0.25) is 10.0 Å². The number of nitrogens with zero attached hydrogens (tertiary/aromatic N) is 2. The topological polar surface area (TPSA) is 66.9 Å². The number of hydrogen-bond donors (Lipinski definition) is 0. The number of rotatable bonds is 3. The Hall–Kier alpha value is -1.12. The van der Waals surface area contributed by atoms with Crippen molar-refractivity contribution in [1.29, 1.82) is 0 Å². The number of halogens is 1. The number of piperazine rings is 1. The van der Waals surface area contributed by atoms with Crippen LogP contribution in [0.1, 0.15) is 33.3 Å². The van der Waals surface area contributed by atoms with Crippen molar-refractivity contribution < 1.29 is 17.9 Å². The monoisotopic (exact) mass is 432 g/mol. The third-order valence-electron chi connectivity index (χ3n) is 3.84. The molecule has 1 atom stereocenters. The fourth-order valence-electron chi connectivity index (χ4n) is 2.72. The van der Waals surface area contributed by atoms with Gasteiger partial charge < -0.3 is 9.64 Å². The van der Waals surface area contributed by atoms with Gasteiger partial charge in [0.15, 0.2) is 0 Å². The largest absolute Gasteiger partial charge is 0.444 e. The van der Waals surface area contributed by atoms with Crippen molar-refractivity contribution in [3.8, 4) is 0 Å². The molecule has 1 fully saturated rings. The second kappa shape index (κ2) is 7.63. The summed E-state index contributed by atoms with van der Waals surface area (Å²) in [6, 6.07) is 6.96. The van der Waals surface area contributed by atoms with Gasteiger partial charge in [-0.3, -0.25) is 0 Å². The van der Waals surface area contributed by atoms with E-state index in [4.69, 9.17) is 4.74 Å². The summed E-state index contributed by atoms with van der Waals surface area (Å²) < 4.78 is 33.2. The van der Waals surface area contributed by atoms with Crippen LogP contribution in [0, 0.1) is 0 Å². The third kappa shape index (κ3) is 5.69. The van der Waals surface area contributed by atoms with E-state index in [1.54, 1.807) is 17.0 Å². The van der Waals surface area contributed by atoms with Gasteiger partial charge in [-0.1, -0.05) is 28.1 Å². The molecule has 0 unspecified atom stereocenters. The Labute approximate surface area is 158 Å². The highest BCUT2D eigenvalue weighted by atomic mass is 79.9. The van der Waals surface area contributed by atoms with Crippen LogP contribution >= 0.6 is 15.9 Å². The van der Waals surface area contributed by atoms with Crippen LogP contribution in [0.2, 0.25) is 0 Å². The van der Waals surface area contributed by atoms with E-state index in [1.165, 1.54) is 4.31 Å². The van der Waals surface area contributed by atoms with Gasteiger partial charge in [0.05, 0.1) is 5.75 Å². The zero-order valence-corrected chi connectivity index (χ0v) is 17.4. The van der Waals surface area contributed by atoms with Crippen molar-refractivity contribution in [3.63, 3.8) is 0 Å². The van der Waals surface area contributed by atoms with Crippen molar-refractivity contribution in [2.24, 2.45) is 0 Å². The summed E-state index contributed by atoms with van der Waals surface area (Å²) in [6.07, 6.45) is -0.399. The molecule has 1 saturated heterocycles. The van der Waals surface area contributed by atoms with E-state index in [0.717, 1.165) is 10.0 Å². The predicted molar refractivity (Wildman–Crippen MR) is 101 cm³/mol. The molecule has 25 heavy (non-hydrogen) atoms. The molecule has 0 aromatic heterocycles. The van der Waals surface area contributed by atoms with Gasteiger partial charge in [-0.05, 0) is 45.4 Å². The fourth-order valence-corrected chi connectivity index (χ4v) is 4.74. The molecule has 0 N–H and O–H groups in total. The van der Waals surface area contributed by atoms with Crippen molar-refractivity contribution in [2.45, 2.75) is 45.1 Å². The third-order valence-corrected chi connectivity index (χ3v) is 6.32. The van der Waals surface area contributed by atoms with Gasteiger partial charge in [-0.2, -0.15) is 4.31 Å². The predicted octanol–water partition coefficient (Wildman–Crippen LogP) is 3.22. The molecule has 1 amide bonds. The Morgan fingerprint density at radius 1 is 1.24 bits per heavy atom. The van der Waals surface area contributed by atoms with Gasteiger partial charge in [0.25, 0.3) is 0 Å².